The van der Waals surface area contributed by atoms with Crippen LogP contribution < -0.4 is 10.1 Å². The highest BCUT2D eigenvalue weighted by molar-refractivity contribution is 5.96. The highest BCUT2D eigenvalue weighted by Gasteiger charge is 2.17. The van der Waals surface area contributed by atoms with Crippen molar-refractivity contribution in [1.82, 2.24) is 15.1 Å². The van der Waals surface area contributed by atoms with Gasteiger partial charge in [-0.1, -0.05) is 6.92 Å². The standard InChI is InChI=1S/C15H17N3O4/c1-3-13-12(15(21)16-9-14(19)20)8-17-18(13)10-4-6-11(22-2)7-5-10/h4-8H,3,9H2,1-2H3,(H,16,21)(H,19,20). The van der Waals surface area contributed by atoms with Gasteiger partial charge in [0.05, 0.1) is 30.3 Å². The van der Waals surface area contributed by atoms with Gasteiger partial charge in [0, 0.05) is 0 Å². The summed E-state index contributed by atoms with van der Waals surface area (Å²) < 4.78 is 6.77. The van der Waals surface area contributed by atoms with Gasteiger partial charge in [0.25, 0.3) is 5.91 Å². The molecular formula is C15H17N3O4. The topological polar surface area (TPSA) is 93.5 Å². The number of carboxylic acid groups (broad SMARTS) is 1. The molecule has 0 atom stereocenters. The van der Waals surface area contributed by atoms with E-state index in [9.17, 15) is 9.59 Å². The summed E-state index contributed by atoms with van der Waals surface area (Å²) in [5.41, 5.74) is 1.89. The maximum atomic E-state index is 12.0. The monoisotopic (exact) mass is 303 g/mol. The summed E-state index contributed by atoms with van der Waals surface area (Å²) in [7, 11) is 1.59. The largest absolute Gasteiger partial charge is 0.497 e. The van der Waals surface area contributed by atoms with Gasteiger partial charge in [-0.05, 0) is 30.7 Å². The van der Waals surface area contributed by atoms with E-state index in [2.05, 4.69) is 10.4 Å². The summed E-state index contributed by atoms with van der Waals surface area (Å²) in [6.45, 7) is 1.49. The van der Waals surface area contributed by atoms with Crippen LogP contribution >= 0.6 is 0 Å². The number of carbonyl (C=O) groups is 2. The summed E-state index contributed by atoms with van der Waals surface area (Å²) in [5, 5.41) is 15.2. The van der Waals surface area contributed by atoms with Gasteiger partial charge < -0.3 is 15.2 Å². The van der Waals surface area contributed by atoms with Gasteiger partial charge in [0.1, 0.15) is 12.3 Å². The molecule has 7 heteroatoms. The van der Waals surface area contributed by atoms with E-state index >= 15 is 0 Å². The number of carbonyl (C=O) groups excluding carboxylic acids is 1. The molecule has 0 spiro atoms. The second-order valence-electron chi connectivity index (χ2n) is 4.54. The minimum absolute atomic E-state index is 0.375. The average molecular weight is 303 g/mol. The van der Waals surface area contributed by atoms with E-state index in [1.54, 1.807) is 23.9 Å². The molecule has 0 radical (unpaired) electrons. The molecule has 22 heavy (non-hydrogen) atoms. The number of aliphatic carboxylic acids is 1. The van der Waals surface area contributed by atoms with Crippen molar-refractivity contribution < 1.29 is 19.4 Å². The van der Waals surface area contributed by atoms with Crippen LogP contribution in [0.4, 0.5) is 0 Å². The number of nitrogens with one attached hydrogen (secondary N) is 1. The summed E-state index contributed by atoms with van der Waals surface area (Å²) >= 11 is 0. The molecule has 7 nitrogen and oxygen atoms in total. The van der Waals surface area contributed by atoms with Crippen molar-refractivity contribution in [2.24, 2.45) is 0 Å². The van der Waals surface area contributed by atoms with Gasteiger partial charge in [0.2, 0.25) is 0 Å². The van der Waals surface area contributed by atoms with Crippen molar-refractivity contribution in [2.75, 3.05) is 13.7 Å². The van der Waals surface area contributed by atoms with Crippen LogP contribution in [0.25, 0.3) is 5.69 Å². The fraction of sp³-hybridized carbons (Fsp3) is 0.267. The van der Waals surface area contributed by atoms with Crippen molar-refractivity contribution in [1.29, 1.82) is 0 Å². The lowest BCUT2D eigenvalue weighted by atomic mass is 10.2. The van der Waals surface area contributed by atoms with E-state index in [1.165, 1.54) is 6.20 Å². The third kappa shape index (κ3) is 3.25. The number of hydrogen-bond acceptors (Lipinski definition) is 4. The summed E-state index contributed by atoms with van der Waals surface area (Å²) in [5.74, 6) is -0.804. The molecule has 0 bridgehead atoms. The Balaban J connectivity index is 2.30. The van der Waals surface area contributed by atoms with Crippen LogP contribution in [0.3, 0.4) is 0 Å². The number of ether oxygens (including phenoxy) is 1. The summed E-state index contributed by atoms with van der Waals surface area (Å²) in [6.07, 6.45) is 2.03. The van der Waals surface area contributed by atoms with Crippen LogP contribution in [0.5, 0.6) is 5.75 Å². The third-order valence-electron chi connectivity index (χ3n) is 3.17. The molecule has 2 N–H and O–H groups in total. The quantitative estimate of drug-likeness (QED) is 0.838. The normalized spacial score (nSPS) is 10.3. The Morgan fingerprint density at radius 1 is 1.32 bits per heavy atom. The van der Waals surface area contributed by atoms with Gasteiger partial charge in [-0.25, -0.2) is 4.68 Å². The zero-order valence-corrected chi connectivity index (χ0v) is 12.4. The Labute approximate surface area is 127 Å². The maximum Gasteiger partial charge on any atom is 0.322 e. The van der Waals surface area contributed by atoms with Gasteiger partial charge in [-0.3, -0.25) is 9.59 Å². The second kappa shape index (κ2) is 6.75. The number of methoxy groups -OCH3 is 1. The first-order valence-corrected chi connectivity index (χ1v) is 6.78. The molecule has 2 aromatic rings. The predicted octanol–water partition coefficient (Wildman–Crippen LogP) is 1.26. The lowest BCUT2D eigenvalue weighted by Gasteiger charge is -2.08. The molecule has 0 aliphatic carbocycles. The first-order chi connectivity index (χ1) is 10.6. The zero-order chi connectivity index (χ0) is 16.1. The lowest BCUT2D eigenvalue weighted by Crippen LogP contribution is -2.29. The van der Waals surface area contributed by atoms with E-state index in [0.717, 1.165) is 11.4 Å². The van der Waals surface area contributed by atoms with Crippen molar-refractivity contribution in [3.05, 3.63) is 41.7 Å². The molecular weight excluding hydrogens is 286 g/mol. The van der Waals surface area contributed by atoms with E-state index in [4.69, 9.17) is 9.84 Å². The molecule has 0 aliphatic heterocycles. The molecule has 0 saturated carbocycles. The highest BCUT2D eigenvalue weighted by atomic mass is 16.5. The Morgan fingerprint density at radius 3 is 2.55 bits per heavy atom. The molecule has 1 heterocycles. The first-order valence-electron chi connectivity index (χ1n) is 6.78. The average Bonchev–Trinajstić information content (AvgIpc) is 2.96. The molecule has 0 aliphatic rings. The van der Waals surface area contributed by atoms with Gasteiger partial charge in [-0.2, -0.15) is 5.10 Å². The van der Waals surface area contributed by atoms with E-state index in [0.29, 0.717) is 17.7 Å². The third-order valence-corrected chi connectivity index (χ3v) is 3.17. The van der Waals surface area contributed by atoms with Crippen molar-refractivity contribution in [2.45, 2.75) is 13.3 Å². The number of hydrogen-bond donors (Lipinski definition) is 2. The predicted molar refractivity (Wildman–Crippen MR) is 79.5 cm³/mol. The van der Waals surface area contributed by atoms with Gasteiger partial charge in [0.15, 0.2) is 0 Å². The van der Waals surface area contributed by atoms with E-state index < -0.39 is 18.4 Å². The van der Waals surface area contributed by atoms with Crippen molar-refractivity contribution in [3.63, 3.8) is 0 Å². The molecule has 2 rings (SSSR count). The molecule has 1 amide bonds. The molecule has 116 valence electrons. The van der Waals surface area contributed by atoms with Crippen LogP contribution in [-0.4, -0.2) is 40.4 Å². The Morgan fingerprint density at radius 2 is 2.00 bits per heavy atom. The van der Waals surface area contributed by atoms with Crippen LogP contribution in [-0.2, 0) is 11.2 Å². The molecule has 0 fully saturated rings. The number of rotatable bonds is 6. The smallest absolute Gasteiger partial charge is 0.322 e. The van der Waals surface area contributed by atoms with Crippen LogP contribution in [0.2, 0.25) is 0 Å². The SMILES string of the molecule is CCc1c(C(=O)NCC(=O)O)cnn1-c1ccc(OC)cc1. The maximum absolute atomic E-state index is 12.0. The molecule has 0 saturated heterocycles. The fourth-order valence-electron chi connectivity index (χ4n) is 2.10. The minimum Gasteiger partial charge on any atom is -0.497 e. The second-order valence-corrected chi connectivity index (χ2v) is 4.54. The lowest BCUT2D eigenvalue weighted by molar-refractivity contribution is -0.135. The fourth-order valence-corrected chi connectivity index (χ4v) is 2.10. The van der Waals surface area contributed by atoms with Crippen molar-refractivity contribution >= 4 is 11.9 Å². The molecule has 1 aromatic heterocycles. The minimum atomic E-state index is -1.09. The zero-order valence-electron chi connectivity index (χ0n) is 12.4. The Hall–Kier alpha value is -2.83. The summed E-state index contributed by atoms with van der Waals surface area (Å²) in [6, 6.07) is 7.29. The highest BCUT2D eigenvalue weighted by Crippen LogP contribution is 2.18. The number of carboxylic acids is 1. The van der Waals surface area contributed by atoms with Crippen molar-refractivity contribution in [3.8, 4) is 11.4 Å². The van der Waals surface area contributed by atoms with E-state index in [1.807, 2.05) is 19.1 Å². The van der Waals surface area contributed by atoms with Crippen LogP contribution in [0.15, 0.2) is 30.5 Å². The van der Waals surface area contributed by atoms with Crippen LogP contribution in [0, 0.1) is 0 Å². The Kier molecular flexibility index (Phi) is 4.77. The van der Waals surface area contributed by atoms with E-state index in [-0.39, 0.29) is 0 Å². The number of amides is 1. The molecule has 1 aromatic carbocycles. The van der Waals surface area contributed by atoms with Gasteiger partial charge >= 0.3 is 5.97 Å². The number of nitrogens with zero attached hydrogens (tertiary/aromatic N) is 2. The van der Waals surface area contributed by atoms with Gasteiger partial charge in [-0.15, -0.1) is 0 Å². The first kappa shape index (κ1) is 15.6. The number of aromatic nitrogens is 2. The Bertz CT molecular complexity index is 677. The molecule has 0 unspecified atom stereocenters. The van der Waals surface area contributed by atoms with Crippen LogP contribution in [0.1, 0.15) is 23.0 Å². The summed E-state index contributed by atoms with van der Waals surface area (Å²) in [4.78, 5) is 22.6. The number of benzene rings is 1.